The van der Waals surface area contributed by atoms with Gasteiger partial charge in [-0.15, -0.1) is 0 Å². The molecule has 4 heteroatoms. The van der Waals surface area contributed by atoms with Crippen molar-refractivity contribution < 1.29 is 13.9 Å². The summed E-state index contributed by atoms with van der Waals surface area (Å²) in [7, 11) is 1.61. The van der Waals surface area contributed by atoms with Crippen molar-refractivity contribution in [2.24, 2.45) is 11.8 Å². The summed E-state index contributed by atoms with van der Waals surface area (Å²) in [6, 6.07) is 4.64. The summed E-state index contributed by atoms with van der Waals surface area (Å²) in [4.78, 5) is 0.0214. The van der Waals surface area contributed by atoms with Gasteiger partial charge in [0.1, 0.15) is 11.6 Å². The molecule has 1 saturated heterocycles. The maximum absolute atomic E-state index is 13.5. The third-order valence-electron chi connectivity index (χ3n) is 4.15. The zero-order valence-electron chi connectivity index (χ0n) is 11.7. The van der Waals surface area contributed by atoms with Crippen LogP contribution in [0.15, 0.2) is 18.2 Å². The Hall–Kier alpha value is -0.610. The Bertz CT molecular complexity index is 452. The van der Waals surface area contributed by atoms with Crippen molar-refractivity contribution in [3.05, 3.63) is 29.6 Å². The standard InChI is InChI=1S/C15H20BrFO2/c1-8-9(2)19-10(3)14(8)15(16)12-7-11(17)5-6-13(12)18-4/h5-10,14-15H,1-4H3. The fourth-order valence-corrected chi connectivity index (χ4v) is 4.20. The van der Waals surface area contributed by atoms with E-state index in [9.17, 15) is 4.39 Å². The summed E-state index contributed by atoms with van der Waals surface area (Å²) in [5.74, 6) is 1.17. The lowest BCUT2D eigenvalue weighted by atomic mass is 9.84. The van der Waals surface area contributed by atoms with Crippen molar-refractivity contribution in [3.63, 3.8) is 0 Å². The van der Waals surface area contributed by atoms with Crippen molar-refractivity contribution in [1.82, 2.24) is 0 Å². The molecule has 19 heavy (non-hydrogen) atoms. The van der Waals surface area contributed by atoms with Crippen LogP contribution in [0, 0.1) is 17.7 Å². The molecule has 2 nitrogen and oxygen atoms in total. The Morgan fingerprint density at radius 3 is 2.47 bits per heavy atom. The highest BCUT2D eigenvalue weighted by atomic mass is 79.9. The second kappa shape index (κ2) is 5.80. The molecule has 0 radical (unpaired) electrons. The van der Waals surface area contributed by atoms with Gasteiger partial charge in [-0.2, -0.15) is 0 Å². The van der Waals surface area contributed by atoms with E-state index in [2.05, 4.69) is 36.7 Å². The number of benzene rings is 1. The summed E-state index contributed by atoms with van der Waals surface area (Å²) in [6.45, 7) is 6.34. The average Bonchev–Trinajstić information content (AvgIpc) is 2.62. The third kappa shape index (κ3) is 2.79. The summed E-state index contributed by atoms with van der Waals surface area (Å²) in [5.41, 5.74) is 0.851. The van der Waals surface area contributed by atoms with Gasteiger partial charge < -0.3 is 9.47 Å². The monoisotopic (exact) mass is 330 g/mol. The molecule has 1 aliphatic heterocycles. The van der Waals surface area contributed by atoms with E-state index in [0.717, 1.165) is 5.56 Å². The molecule has 106 valence electrons. The minimum absolute atomic E-state index is 0.0214. The van der Waals surface area contributed by atoms with Gasteiger partial charge in [0.25, 0.3) is 0 Å². The lowest BCUT2D eigenvalue weighted by molar-refractivity contribution is 0.0510. The molecular formula is C15H20BrFO2. The second-order valence-corrected chi connectivity index (χ2v) is 6.26. The number of halogens is 2. The van der Waals surface area contributed by atoms with Crippen LogP contribution in [0.25, 0.3) is 0 Å². The van der Waals surface area contributed by atoms with Crippen molar-refractivity contribution in [2.75, 3.05) is 7.11 Å². The first-order chi connectivity index (χ1) is 8.95. The molecule has 0 N–H and O–H groups in total. The molecule has 5 unspecified atom stereocenters. The summed E-state index contributed by atoms with van der Waals surface area (Å²) < 4.78 is 24.7. The number of alkyl halides is 1. The molecule has 0 amide bonds. The maximum Gasteiger partial charge on any atom is 0.123 e. The normalized spacial score (nSPS) is 32.3. The highest BCUT2D eigenvalue weighted by molar-refractivity contribution is 9.09. The van der Waals surface area contributed by atoms with Gasteiger partial charge in [-0.3, -0.25) is 0 Å². The molecule has 1 fully saturated rings. The molecule has 2 rings (SSSR count). The van der Waals surface area contributed by atoms with Gasteiger partial charge in [0.05, 0.1) is 19.3 Å². The number of rotatable bonds is 3. The number of methoxy groups -OCH3 is 1. The van der Waals surface area contributed by atoms with Gasteiger partial charge in [0.15, 0.2) is 0 Å². The van der Waals surface area contributed by atoms with E-state index >= 15 is 0 Å². The smallest absolute Gasteiger partial charge is 0.123 e. The van der Waals surface area contributed by atoms with E-state index in [-0.39, 0.29) is 22.9 Å². The molecule has 5 atom stereocenters. The summed E-state index contributed by atoms with van der Waals surface area (Å²) in [6.07, 6.45) is 0.363. The highest BCUT2D eigenvalue weighted by Crippen LogP contribution is 2.47. The molecule has 0 bridgehead atoms. The maximum atomic E-state index is 13.5. The van der Waals surface area contributed by atoms with E-state index in [1.165, 1.54) is 6.07 Å². The zero-order valence-corrected chi connectivity index (χ0v) is 13.3. The zero-order chi connectivity index (χ0) is 14.2. The SMILES string of the molecule is COc1ccc(F)cc1C(Br)C1C(C)OC(C)C1C. The van der Waals surface area contributed by atoms with Gasteiger partial charge in [0.2, 0.25) is 0 Å². The highest BCUT2D eigenvalue weighted by Gasteiger charge is 2.42. The third-order valence-corrected chi connectivity index (χ3v) is 5.25. The molecule has 1 aromatic carbocycles. The van der Waals surface area contributed by atoms with Gasteiger partial charge in [-0.05, 0) is 38.0 Å². The van der Waals surface area contributed by atoms with Crippen molar-refractivity contribution in [2.45, 2.75) is 37.8 Å². The van der Waals surface area contributed by atoms with Crippen LogP contribution in [0.2, 0.25) is 0 Å². The fourth-order valence-electron chi connectivity index (χ4n) is 2.93. The molecular weight excluding hydrogens is 311 g/mol. The lowest BCUT2D eigenvalue weighted by Crippen LogP contribution is -2.22. The minimum atomic E-state index is -0.243. The Kier molecular flexibility index (Phi) is 4.51. The number of ether oxygens (including phenoxy) is 2. The van der Waals surface area contributed by atoms with Crippen LogP contribution in [-0.2, 0) is 4.74 Å². The molecule has 0 aromatic heterocycles. The van der Waals surface area contributed by atoms with Crippen LogP contribution in [0.1, 0.15) is 31.2 Å². The molecule has 0 aliphatic carbocycles. The Morgan fingerprint density at radius 1 is 1.26 bits per heavy atom. The Balaban J connectivity index is 2.33. The molecule has 0 spiro atoms. The van der Waals surface area contributed by atoms with Crippen LogP contribution in [0.4, 0.5) is 4.39 Å². The molecule has 1 aliphatic rings. The Morgan fingerprint density at radius 2 is 1.95 bits per heavy atom. The van der Waals surface area contributed by atoms with E-state index < -0.39 is 0 Å². The van der Waals surface area contributed by atoms with Gasteiger partial charge >= 0.3 is 0 Å². The number of hydrogen-bond acceptors (Lipinski definition) is 2. The van der Waals surface area contributed by atoms with Crippen molar-refractivity contribution in [1.29, 1.82) is 0 Å². The average molecular weight is 331 g/mol. The van der Waals surface area contributed by atoms with E-state index in [1.54, 1.807) is 19.2 Å². The van der Waals surface area contributed by atoms with E-state index in [0.29, 0.717) is 17.6 Å². The molecule has 1 aromatic rings. The first-order valence-corrected chi connectivity index (χ1v) is 7.50. The van der Waals surface area contributed by atoms with E-state index in [1.807, 2.05) is 0 Å². The second-order valence-electron chi connectivity index (χ2n) is 5.27. The first-order valence-electron chi connectivity index (χ1n) is 6.58. The van der Waals surface area contributed by atoms with Gasteiger partial charge in [-0.1, -0.05) is 22.9 Å². The van der Waals surface area contributed by atoms with Gasteiger partial charge in [-0.25, -0.2) is 4.39 Å². The quantitative estimate of drug-likeness (QED) is 0.768. The van der Waals surface area contributed by atoms with Crippen LogP contribution in [0.5, 0.6) is 5.75 Å². The summed E-state index contributed by atoms with van der Waals surface area (Å²) in [5, 5.41) is 0. The van der Waals surface area contributed by atoms with Crippen molar-refractivity contribution >= 4 is 15.9 Å². The Labute approximate surface area is 122 Å². The lowest BCUT2D eigenvalue weighted by Gasteiger charge is -2.26. The van der Waals surface area contributed by atoms with E-state index in [4.69, 9.17) is 9.47 Å². The largest absolute Gasteiger partial charge is 0.496 e. The molecule has 0 saturated carbocycles. The predicted molar refractivity (Wildman–Crippen MR) is 77.3 cm³/mol. The minimum Gasteiger partial charge on any atom is -0.496 e. The summed E-state index contributed by atoms with van der Waals surface area (Å²) >= 11 is 3.72. The number of hydrogen-bond donors (Lipinski definition) is 0. The predicted octanol–water partition coefficient (Wildman–Crippen LogP) is 4.33. The van der Waals surface area contributed by atoms with Crippen LogP contribution in [0.3, 0.4) is 0 Å². The molecule has 1 heterocycles. The van der Waals surface area contributed by atoms with Crippen LogP contribution >= 0.6 is 15.9 Å². The van der Waals surface area contributed by atoms with Gasteiger partial charge in [0, 0.05) is 16.3 Å². The van der Waals surface area contributed by atoms with Crippen LogP contribution < -0.4 is 4.74 Å². The van der Waals surface area contributed by atoms with Crippen LogP contribution in [-0.4, -0.2) is 19.3 Å². The topological polar surface area (TPSA) is 18.5 Å². The first kappa shape index (κ1) is 14.8. The van der Waals surface area contributed by atoms with Crippen molar-refractivity contribution in [3.8, 4) is 5.75 Å². The fraction of sp³-hybridized carbons (Fsp3) is 0.600.